The maximum atomic E-state index is 6.22. The van der Waals surface area contributed by atoms with E-state index in [1.54, 1.807) is 17.7 Å². The van der Waals surface area contributed by atoms with Crippen LogP contribution in [0.3, 0.4) is 0 Å². The van der Waals surface area contributed by atoms with Crippen molar-refractivity contribution in [2.75, 3.05) is 5.32 Å². The van der Waals surface area contributed by atoms with E-state index in [2.05, 4.69) is 29.1 Å². The molecule has 124 valence electrons. The number of hydrogen-bond acceptors (Lipinski definition) is 5. The van der Waals surface area contributed by atoms with Crippen LogP contribution < -0.4 is 10.1 Å². The van der Waals surface area contributed by atoms with E-state index in [0.29, 0.717) is 6.10 Å². The van der Waals surface area contributed by atoms with Gasteiger partial charge in [-0.15, -0.1) is 11.3 Å². The summed E-state index contributed by atoms with van der Waals surface area (Å²) in [6.07, 6.45) is 6.79. The number of anilines is 2. The number of nitrogens with zero attached hydrogens (tertiary/aromatic N) is 2. The first kappa shape index (κ1) is 15.4. The van der Waals surface area contributed by atoms with Crippen molar-refractivity contribution >= 4 is 33.1 Å². The van der Waals surface area contributed by atoms with E-state index in [0.717, 1.165) is 40.3 Å². The lowest BCUT2D eigenvalue weighted by Gasteiger charge is -2.17. The Labute approximate surface area is 145 Å². The van der Waals surface area contributed by atoms with E-state index in [1.807, 2.05) is 24.3 Å². The van der Waals surface area contributed by atoms with Crippen LogP contribution in [0.4, 0.5) is 11.5 Å². The molecule has 1 saturated carbocycles. The lowest BCUT2D eigenvalue weighted by molar-refractivity contribution is 0.211. The first-order valence-corrected chi connectivity index (χ1v) is 9.27. The van der Waals surface area contributed by atoms with Crippen molar-refractivity contribution in [1.82, 2.24) is 9.97 Å². The van der Waals surface area contributed by atoms with Gasteiger partial charge >= 0.3 is 0 Å². The zero-order chi connectivity index (χ0) is 16.5. The minimum atomic E-state index is 0.337. The third-order valence-corrected chi connectivity index (χ3v) is 5.82. The molecule has 1 fully saturated rings. The van der Waals surface area contributed by atoms with E-state index in [-0.39, 0.29) is 0 Å². The summed E-state index contributed by atoms with van der Waals surface area (Å²) in [5.41, 5.74) is 2.21. The summed E-state index contributed by atoms with van der Waals surface area (Å²) in [4.78, 5) is 11.2. The highest BCUT2D eigenvalue weighted by Gasteiger charge is 2.19. The van der Waals surface area contributed by atoms with E-state index in [9.17, 15) is 0 Å². The van der Waals surface area contributed by atoms with E-state index in [1.165, 1.54) is 23.3 Å². The van der Waals surface area contributed by atoms with Crippen LogP contribution in [0.15, 0.2) is 30.6 Å². The maximum Gasteiger partial charge on any atom is 0.143 e. The largest absolute Gasteiger partial charge is 0.488 e. The molecular formula is C19H21N3OS. The Balaban J connectivity index is 1.68. The van der Waals surface area contributed by atoms with E-state index in [4.69, 9.17) is 4.74 Å². The molecule has 24 heavy (non-hydrogen) atoms. The van der Waals surface area contributed by atoms with Gasteiger partial charge in [0.25, 0.3) is 0 Å². The monoisotopic (exact) mass is 339 g/mol. The van der Waals surface area contributed by atoms with Crippen molar-refractivity contribution in [3.8, 4) is 5.75 Å². The van der Waals surface area contributed by atoms with E-state index >= 15 is 0 Å². The number of thiophene rings is 1. The molecule has 2 heterocycles. The average Bonchev–Trinajstić information content (AvgIpc) is 3.19. The fraction of sp³-hybridized carbons (Fsp3) is 0.368. The first-order valence-electron chi connectivity index (χ1n) is 8.46. The summed E-state index contributed by atoms with van der Waals surface area (Å²) in [7, 11) is 0. The number of fused-ring (bicyclic) bond motifs is 1. The normalized spacial score (nSPS) is 15.1. The molecule has 1 N–H and O–H groups in total. The third-order valence-electron chi connectivity index (χ3n) is 4.70. The average molecular weight is 339 g/mol. The van der Waals surface area contributed by atoms with Gasteiger partial charge in [0.15, 0.2) is 0 Å². The molecule has 1 aliphatic carbocycles. The molecule has 0 amide bonds. The molecule has 0 spiro atoms. The second-order valence-corrected chi connectivity index (χ2v) is 7.53. The van der Waals surface area contributed by atoms with Gasteiger partial charge in [0.05, 0.1) is 17.2 Å². The Morgan fingerprint density at radius 3 is 2.75 bits per heavy atom. The van der Waals surface area contributed by atoms with Crippen molar-refractivity contribution in [2.45, 2.75) is 45.6 Å². The predicted molar refractivity (Wildman–Crippen MR) is 99.5 cm³/mol. The Hall–Kier alpha value is -2.14. The molecule has 4 rings (SSSR count). The highest BCUT2D eigenvalue weighted by molar-refractivity contribution is 7.18. The number of ether oxygens (including phenoxy) is 1. The number of nitrogens with one attached hydrogen (secondary N) is 1. The topological polar surface area (TPSA) is 47.0 Å². The minimum absolute atomic E-state index is 0.337. The summed E-state index contributed by atoms with van der Waals surface area (Å²) in [5, 5.41) is 4.58. The highest BCUT2D eigenvalue weighted by atomic mass is 32.1. The van der Waals surface area contributed by atoms with Gasteiger partial charge in [-0.3, -0.25) is 0 Å². The molecule has 0 saturated heterocycles. The maximum absolute atomic E-state index is 6.22. The number of aryl methyl sites for hydroxylation is 2. The smallest absolute Gasteiger partial charge is 0.143 e. The van der Waals surface area contributed by atoms with E-state index < -0.39 is 0 Å². The molecule has 3 aromatic rings. The number of aromatic nitrogens is 2. The number of benzene rings is 1. The van der Waals surface area contributed by atoms with Crippen LogP contribution in [0.5, 0.6) is 5.75 Å². The summed E-state index contributed by atoms with van der Waals surface area (Å²) < 4.78 is 6.22. The van der Waals surface area contributed by atoms with Crippen LogP contribution in [0.25, 0.3) is 10.2 Å². The van der Waals surface area contributed by atoms with Crippen LogP contribution in [0, 0.1) is 13.8 Å². The summed E-state index contributed by atoms with van der Waals surface area (Å²) in [6.45, 7) is 4.26. The van der Waals surface area contributed by atoms with Crippen molar-refractivity contribution in [2.24, 2.45) is 0 Å². The quantitative estimate of drug-likeness (QED) is 0.694. The number of rotatable bonds is 4. The molecule has 0 aliphatic heterocycles. The third kappa shape index (κ3) is 2.84. The summed E-state index contributed by atoms with van der Waals surface area (Å²) in [5.74, 6) is 1.75. The Bertz CT molecular complexity index is 868. The van der Waals surface area contributed by atoms with Gasteiger partial charge in [-0.25, -0.2) is 9.97 Å². The highest BCUT2D eigenvalue weighted by Crippen LogP contribution is 2.36. The van der Waals surface area contributed by atoms with Gasteiger partial charge in [-0.1, -0.05) is 12.1 Å². The van der Waals surface area contributed by atoms with Crippen LogP contribution in [-0.2, 0) is 0 Å². The SMILES string of the molecule is Cc1sc2ncnc(Nc3ccccc3OC3CCCC3)c2c1C. The fourth-order valence-electron chi connectivity index (χ4n) is 3.26. The van der Waals surface area contributed by atoms with Gasteiger partial charge in [0.1, 0.15) is 22.7 Å². The molecule has 0 atom stereocenters. The van der Waals surface area contributed by atoms with Gasteiger partial charge in [-0.05, 0) is 57.2 Å². The van der Waals surface area contributed by atoms with Crippen molar-refractivity contribution in [1.29, 1.82) is 0 Å². The molecule has 4 nitrogen and oxygen atoms in total. The second-order valence-electron chi connectivity index (χ2n) is 6.33. The Morgan fingerprint density at radius 2 is 1.92 bits per heavy atom. The molecule has 2 aromatic heterocycles. The molecule has 1 aliphatic rings. The Kier molecular flexibility index (Phi) is 4.10. The Morgan fingerprint density at radius 1 is 1.12 bits per heavy atom. The van der Waals surface area contributed by atoms with Crippen LogP contribution in [0.1, 0.15) is 36.1 Å². The lowest BCUT2D eigenvalue weighted by Crippen LogP contribution is -2.12. The van der Waals surface area contributed by atoms with Gasteiger partial charge < -0.3 is 10.1 Å². The standard InChI is InChI=1S/C19H21N3OS/c1-12-13(2)24-19-17(12)18(20-11-21-19)22-15-9-5-6-10-16(15)23-14-7-3-4-8-14/h5-6,9-11,14H,3-4,7-8H2,1-2H3,(H,20,21,22). The lowest BCUT2D eigenvalue weighted by atomic mass is 10.2. The van der Waals surface area contributed by atoms with Crippen LogP contribution in [-0.4, -0.2) is 16.1 Å². The molecule has 0 unspecified atom stereocenters. The first-order chi connectivity index (χ1) is 11.7. The van der Waals surface area contributed by atoms with Crippen molar-refractivity contribution in [3.63, 3.8) is 0 Å². The molecule has 0 bridgehead atoms. The van der Waals surface area contributed by atoms with Gasteiger partial charge in [0.2, 0.25) is 0 Å². The summed E-state index contributed by atoms with van der Waals surface area (Å²) in [6, 6.07) is 8.12. The predicted octanol–water partition coefficient (Wildman–Crippen LogP) is 5.37. The number of hydrogen-bond donors (Lipinski definition) is 1. The molecule has 5 heteroatoms. The van der Waals surface area contributed by atoms with Crippen LogP contribution in [0.2, 0.25) is 0 Å². The van der Waals surface area contributed by atoms with Crippen LogP contribution >= 0.6 is 11.3 Å². The van der Waals surface area contributed by atoms with Crippen molar-refractivity contribution in [3.05, 3.63) is 41.0 Å². The zero-order valence-corrected chi connectivity index (χ0v) is 14.8. The van der Waals surface area contributed by atoms with Crippen molar-refractivity contribution < 1.29 is 4.74 Å². The molecule has 0 radical (unpaired) electrons. The summed E-state index contributed by atoms with van der Waals surface area (Å²) >= 11 is 1.71. The molecule has 1 aromatic carbocycles. The number of para-hydroxylation sites is 2. The second kappa shape index (κ2) is 6.40. The van der Waals surface area contributed by atoms with Gasteiger partial charge in [0, 0.05) is 4.88 Å². The molecular weight excluding hydrogens is 318 g/mol. The fourth-order valence-corrected chi connectivity index (χ4v) is 4.26. The zero-order valence-electron chi connectivity index (χ0n) is 14.0. The minimum Gasteiger partial charge on any atom is -0.488 e. The van der Waals surface area contributed by atoms with Gasteiger partial charge in [-0.2, -0.15) is 0 Å².